The maximum Gasteiger partial charge on any atom is 0.105 e. The van der Waals surface area contributed by atoms with E-state index >= 15 is 0 Å². The van der Waals surface area contributed by atoms with E-state index in [0.29, 0.717) is 23.4 Å². The molecule has 1 aromatic rings. The number of rotatable bonds is 5. The van der Waals surface area contributed by atoms with Crippen LogP contribution in [0.2, 0.25) is 0 Å². The van der Waals surface area contributed by atoms with Gasteiger partial charge in [0.15, 0.2) is 0 Å². The summed E-state index contributed by atoms with van der Waals surface area (Å²) in [5.74, 6) is 0.291. The minimum atomic E-state index is -0.993. The standard InChI is InChI=1S/C11H15ClO3/c12-6-5-10(14)11(15)9-4-2-1-3-8(9)7-13/h1-4,10-11,13-15H,5-7H2. The maximum absolute atomic E-state index is 9.81. The largest absolute Gasteiger partial charge is 0.392 e. The van der Waals surface area contributed by atoms with Crippen molar-refractivity contribution < 1.29 is 15.3 Å². The molecule has 0 saturated heterocycles. The molecule has 0 spiro atoms. The van der Waals surface area contributed by atoms with Gasteiger partial charge in [-0.3, -0.25) is 0 Å². The third-order valence-corrected chi connectivity index (χ3v) is 2.53. The number of benzene rings is 1. The zero-order chi connectivity index (χ0) is 11.3. The van der Waals surface area contributed by atoms with E-state index < -0.39 is 12.2 Å². The van der Waals surface area contributed by atoms with Gasteiger partial charge in [0.1, 0.15) is 6.10 Å². The van der Waals surface area contributed by atoms with Crippen LogP contribution >= 0.6 is 11.6 Å². The van der Waals surface area contributed by atoms with Crippen molar-refractivity contribution >= 4 is 11.6 Å². The number of alkyl halides is 1. The molecule has 0 aliphatic carbocycles. The van der Waals surface area contributed by atoms with Gasteiger partial charge < -0.3 is 15.3 Å². The number of aliphatic hydroxyl groups is 3. The second-order valence-corrected chi connectivity index (χ2v) is 3.72. The first kappa shape index (κ1) is 12.5. The third-order valence-electron chi connectivity index (χ3n) is 2.31. The highest BCUT2D eigenvalue weighted by Crippen LogP contribution is 2.22. The first-order valence-corrected chi connectivity index (χ1v) is 5.35. The predicted octanol–water partition coefficient (Wildman–Crippen LogP) is 1.20. The molecule has 84 valence electrons. The minimum absolute atomic E-state index is 0.152. The molecule has 0 aliphatic rings. The van der Waals surface area contributed by atoms with Gasteiger partial charge in [-0.1, -0.05) is 24.3 Å². The van der Waals surface area contributed by atoms with Gasteiger partial charge >= 0.3 is 0 Å². The molecular formula is C11H15ClO3. The van der Waals surface area contributed by atoms with Crippen molar-refractivity contribution in [2.45, 2.75) is 25.2 Å². The molecule has 0 amide bonds. The highest BCUT2D eigenvalue weighted by Gasteiger charge is 2.19. The van der Waals surface area contributed by atoms with Crippen LogP contribution in [0.25, 0.3) is 0 Å². The Morgan fingerprint density at radius 2 is 1.87 bits per heavy atom. The topological polar surface area (TPSA) is 60.7 Å². The maximum atomic E-state index is 9.81. The molecule has 1 aromatic carbocycles. The van der Waals surface area contributed by atoms with Crippen LogP contribution in [0.5, 0.6) is 0 Å². The fourth-order valence-electron chi connectivity index (χ4n) is 1.44. The first-order valence-electron chi connectivity index (χ1n) is 4.81. The zero-order valence-electron chi connectivity index (χ0n) is 8.31. The van der Waals surface area contributed by atoms with E-state index in [1.54, 1.807) is 24.3 Å². The van der Waals surface area contributed by atoms with Gasteiger partial charge in [0, 0.05) is 5.88 Å². The lowest BCUT2D eigenvalue weighted by atomic mass is 9.98. The van der Waals surface area contributed by atoms with Crippen LogP contribution in [0, 0.1) is 0 Å². The van der Waals surface area contributed by atoms with Crippen molar-refractivity contribution in [3.05, 3.63) is 35.4 Å². The Morgan fingerprint density at radius 3 is 2.47 bits per heavy atom. The SMILES string of the molecule is OCc1ccccc1C(O)C(O)CCCl. The monoisotopic (exact) mass is 230 g/mol. The van der Waals surface area contributed by atoms with Gasteiger partial charge in [-0.2, -0.15) is 0 Å². The summed E-state index contributed by atoms with van der Waals surface area (Å²) in [6, 6.07) is 6.93. The fraction of sp³-hybridized carbons (Fsp3) is 0.455. The molecule has 0 saturated carbocycles. The molecule has 1 rings (SSSR count). The Bertz CT molecular complexity index is 304. The van der Waals surface area contributed by atoms with E-state index in [2.05, 4.69) is 0 Å². The molecule has 0 fully saturated rings. The summed E-state index contributed by atoms with van der Waals surface area (Å²) in [6.07, 6.45) is -1.56. The lowest BCUT2D eigenvalue weighted by Crippen LogP contribution is -2.19. The first-order chi connectivity index (χ1) is 7.20. The summed E-state index contributed by atoms with van der Waals surface area (Å²) in [5, 5.41) is 28.4. The summed E-state index contributed by atoms with van der Waals surface area (Å²) in [5.41, 5.74) is 1.18. The summed E-state index contributed by atoms with van der Waals surface area (Å²) in [4.78, 5) is 0. The molecule has 0 heterocycles. The Balaban J connectivity index is 2.84. The van der Waals surface area contributed by atoms with Crippen molar-refractivity contribution in [3.8, 4) is 0 Å². The van der Waals surface area contributed by atoms with E-state index in [0.717, 1.165) is 0 Å². The Kier molecular flexibility index (Phi) is 5.05. The molecule has 2 unspecified atom stereocenters. The highest BCUT2D eigenvalue weighted by molar-refractivity contribution is 6.17. The smallest absolute Gasteiger partial charge is 0.105 e. The van der Waals surface area contributed by atoms with Crippen molar-refractivity contribution in [2.24, 2.45) is 0 Å². The normalized spacial score (nSPS) is 14.9. The van der Waals surface area contributed by atoms with E-state index in [-0.39, 0.29) is 6.61 Å². The molecular weight excluding hydrogens is 216 g/mol. The summed E-state index contributed by atoms with van der Waals surface area (Å²) in [6.45, 7) is -0.152. The molecule has 0 aromatic heterocycles. The van der Waals surface area contributed by atoms with Crippen LogP contribution in [0.1, 0.15) is 23.7 Å². The lowest BCUT2D eigenvalue weighted by molar-refractivity contribution is 0.0159. The van der Waals surface area contributed by atoms with Gasteiger partial charge in [-0.15, -0.1) is 11.6 Å². The number of hydrogen-bond donors (Lipinski definition) is 3. The average molecular weight is 231 g/mol. The number of halogens is 1. The molecule has 0 aliphatic heterocycles. The number of aliphatic hydroxyl groups excluding tert-OH is 3. The molecule has 2 atom stereocenters. The molecule has 0 bridgehead atoms. The third kappa shape index (κ3) is 3.18. The average Bonchev–Trinajstić information content (AvgIpc) is 2.28. The summed E-state index contributed by atoms with van der Waals surface area (Å²) >= 11 is 5.48. The van der Waals surface area contributed by atoms with E-state index in [1.807, 2.05) is 0 Å². The quantitative estimate of drug-likeness (QED) is 0.667. The van der Waals surface area contributed by atoms with Crippen LogP contribution in [0.15, 0.2) is 24.3 Å². The van der Waals surface area contributed by atoms with Crippen LogP contribution < -0.4 is 0 Å². The van der Waals surface area contributed by atoms with Crippen molar-refractivity contribution in [2.75, 3.05) is 5.88 Å². The molecule has 15 heavy (non-hydrogen) atoms. The molecule has 0 radical (unpaired) electrons. The molecule has 4 heteroatoms. The van der Waals surface area contributed by atoms with Crippen molar-refractivity contribution in [1.29, 1.82) is 0 Å². The summed E-state index contributed by atoms with van der Waals surface area (Å²) < 4.78 is 0. The van der Waals surface area contributed by atoms with Crippen LogP contribution in [0.4, 0.5) is 0 Å². The van der Waals surface area contributed by atoms with Gasteiger partial charge in [0.2, 0.25) is 0 Å². The van der Waals surface area contributed by atoms with E-state index in [4.69, 9.17) is 16.7 Å². The fourth-order valence-corrected chi connectivity index (χ4v) is 1.67. The van der Waals surface area contributed by atoms with Gasteiger partial charge in [-0.05, 0) is 17.5 Å². The van der Waals surface area contributed by atoms with Gasteiger partial charge in [-0.25, -0.2) is 0 Å². The Labute approximate surface area is 93.9 Å². The summed E-state index contributed by atoms with van der Waals surface area (Å²) in [7, 11) is 0. The number of hydrogen-bond acceptors (Lipinski definition) is 3. The van der Waals surface area contributed by atoms with E-state index in [9.17, 15) is 10.2 Å². The second kappa shape index (κ2) is 6.08. The van der Waals surface area contributed by atoms with E-state index in [1.165, 1.54) is 0 Å². The van der Waals surface area contributed by atoms with Crippen LogP contribution in [-0.4, -0.2) is 27.3 Å². The molecule has 3 nitrogen and oxygen atoms in total. The van der Waals surface area contributed by atoms with Crippen molar-refractivity contribution in [3.63, 3.8) is 0 Å². The minimum Gasteiger partial charge on any atom is -0.392 e. The molecule has 3 N–H and O–H groups in total. The predicted molar refractivity (Wildman–Crippen MR) is 58.7 cm³/mol. The zero-order valence-corrected chi connectivity index (χ0v) is 9.06. The second-order valence-electron chi connectivity index (χ2n) is 3.35. The highest BCUT2D eigenvalue weighted by atomic mass is 35.5. The van der Waals surface area contributed by atoms with Crippen LogP contribution in [0.3, 0.4) is 0 Å². The lowest BCUT2D eigenvalue weighted by Gasteiger charge is -2.19. The van der Waals surface area contributed by atoms with Crippen molar-refractivity contribution in [1.82, 2.24) is 0 Å². The Hall–Kier alpha value is -0.610. The van der Waals surface area contributed by atoms with Crippen LogP contribution in [-0.2, 0) is 6.61 Å². The Morgan fingerprint density at radius 1 is 1.20 bits per heavy atom. The van der Waals surface area contributed by atoms with Gasteiger partial charge in [0.25, 0.3) is 0 Å². The van der Waals surface area contributed by atoms with Gasteiger partial charge in [0.05, 0.1) is 12.7 Å².